The largest absolute Gasteiger partial charge is 0.390 e. The lowest BCUT2D eigenvalue weighted by Crippen LogP contribution is -2.16. The number of Topliss-reactive ketones (excluding diaryl/α,β-unsaturated/α-hetero) is 1. The molecule has 0 spiro atoms. The van der Waals surface area contributed by atoms with Crippen LogP contribution in [0, 0.1) is 18.7 Å². The van der Waals surface area contributed by atoms with Gasteiger partial charge in [-0.3, -0.25) is 9.59 Å². The second-order valence-electron chi connectivity index (χ2n) is 9.55. The molecule has 1 fully saturated rings. The van der Waals surface area contributed by atoms with Crippen LogP contribution in [0.2, 0.25) is 0 Å². The molecular weight excluding hydrogens is 500 g/mol. The third-order valence-electron chi connectivity index (χ3n) is 6.50. The van der Waals surface area contributed by atoms with E-state index in [1.54, 1.807) is 12.1 Å². The minimum absolute atomic E-state index is 0.0501. The predicted molar refractivity (Wildman–Crippen MR) is 134 cm³/mol. The Labute approximate surface area is 215 Å². The van der Waals surface area contributed by atoms with Crippen molar-refractivity contribution in [1.29, 1.82) is 0 Å². The van der Waals surface area contributed by atoms with Gasteiger partial charge in [-0.05, 0) is 55.5 Å². The van der Waals surface area contributed by atoms with E-state index in [9.17, 15) is 27.2 Å². The maximum absolute atomic E-state index is 13.8. The van der Waals surface area contributed by atoms with Crippen molar-refractivity contribution in [3.63, 3.8) is 0 Å². The SMILES string of the molecule is Cc1cc(-c2cnc3c(NCCC(F)(F)F)cc(C(=O)c4cccc(F)c4)nn23)ccc1C(=O)CC1CC1. The fraction of sp³-hybridized carbons (Fsp3) is 0.286. The van der Waals surface area contributed by atoms with E-state index in [2.05, 4.69) is 15.4 Å². The van der Waals surface area contributed by atoms with E-state index >= 15 is 0 Å². The van der Waals surface area contributed by atoms with Crippen LogP contribution in [0.3, 0.4) is 0 Å². The minimum Gasteiger partial charge on any atom is -0.382 e. The number of halogens is 4. The van der Waals surface area contributed by atoms with Crippen LogP contribution in [0.15, 0.2) is 54.7 Å². The summed E-state index contributed by atoms with van der Waals surface area (Å²) in [4.78, 5) is 30.1. The van der Waals surface area contributed by atoms with Gasteiger partial charge in [-0.2, -0.15) is 18.3 Å². The van der Waals surface area contributed by atoms with Crippen molar-refractivity contribution in [3.8, 4) is 11.3 Å². The molecule has 2 aromatic carbocycles. The lowest BCUT2D eigenvalue weighted by atomic mass is 9.98. The molecule has 2 heterocycles. The molecule has 1 N–H and O–H groups in total. The Morgan fingerprint density at radius 1 is 1.11 bits per heavy atom. The number of hydrogen-bond donors (Lipinski definition) is 1. The lowest BCUT2D eigenvalue weighted by molar-refractivity contribution is -0.131. The van der Waals surface area contributed by atoms with Crippen LogP contribution >= 0.6 is 0 Å². The van der Waals surface area contributed by atoms with Crippen LogP contribution in [0.25, 0.3) is 16.9 Å². The van der Waals surface area contributed by atoms with Crippen LogP contribution in [-0.4, -0.2) is 38.9 Å². The number of hydrogen-bond acceptors (Lipinski definition) is 5. The van der Waals surface area contributed by atoms with Crippen LogP contribution < -0.4 is 5.32 Å². The molecule has 0 amide bonds. The smallest absolute Gasteiger partial charge is 0.382 e. The van der Waals surface area contributed by atoms with Gasteiger partial charge in [0.15, 0.2) is 11.4 Å². The molecule has 1 aliphatic carbocycles. The van der Waals surface area contributed by atoms with E-state index in [1.807, 2.05) is 13.0 Å². The van der Waals surface area contributed by atoms with Crippen molar-refractivity contribution in [3.05, 3.63) is 82.9 Å². The molecule has 10 heteroatoms. The molecule has 0 unspecified atom stereocenters. The van der Waals surface area contributed by atoms with Gasteiger partial charge < -0.3 is 5.32 Å². The number of aryl methyl sites for hydroxylation is 1. The molecule has 6 nitrogen and oxygen atoms in total. The molecule has 5 rings (SSSR count). The summed E-state index contributed by atoms with van der Waals surface area (Å²) in [7, 11) is 0. The Kier molecular flexibility index (Phi) is 6.73. The third-order valence-corrected chi connectivity index (χ3v) is 6.50. The first-order valence-corrected chi connectivity index (χ1v) is 12.2. The van der Waals surface area contributed by atoms with E-state index in [4.69, 9.17) is 0 Å². The highest BCUT2D eigenvalue weighted by atomic mass is 19.4. The molecule has 2 aromatic heterocycles. The van der Waals surface area contributed by atoms with Crippen molar-refractivity contribution >= 4 is 22.9 Å². The first-order valence-electron chi connectivity index (χ1n) is 12.2. The number of nitrogens with one attached hydrogen (secondary N) is 1. The number of nitrogens with zero attached hydrogens (tertiary/aromatic N) is 3. The second-order valence-corrected chi connectivity index (χ2v) is 9.55. The summed E-state index contributed by atoms with van der Waals surface area (Å²) in [6.07, 6.45) is -1.27. The number of aromatic nitrogens is 3. The molecule has 0 atom stereocenters. The summed E-state index contributed by atoms with van der Waals surface area (Å²) in [5.41, 5.74) is 2.93. The summed E-state index contributed by atoms with van der Waals surface area (Å²) in [5, 5.41) is 7.14. The highest BCUT2D eigenvalue weighted by Crippen LogP contribution is 2.34. The number of ketones is 2. The summed E-state index contributed by atoms with van der Waals surface area (Å²) in [5.74, 6) is -0.647. The third kappa shape index (κ3) is 5.58. The Morgan fingerprint density at radius 2 is 1.89 bits per heavy atom. The standard InChI is InChI=1S/C28H24F4N4O2/c1-16-11-18(7-8-21(16)25(37)12-17-5-6-17)24-15-34-27-23(33-10-9-28(30,31)32)14-22(35-36(24)27)26(38)19-3-2-4-20(29)13-19/h2-4,7-8,11,13-15,17,33H,5-6,9-10,12H2,1H3. The quantitative estimate of drug-likeness (QED) is 0.202. The lowest BCUT2D eigenvalue weighted by Gasteiger charge is -2.12. The molecular formula is C28H24F4N4O2. The molecule has 4 aromatic rings. The summed E-state index contributed by atoms with van der Waals surface area (Å²) in [6, 6.07) is 11.7. The summed E-state index contributed by atoms with van der Waals surface area (Å²) in [6.45, 7) is 1.40. The molecule has 0 radical (unpaired) electrons. The zero-order chi connectivity index (χ0) is 27.0. The first-order chi connectivity index (χ1) is 18.1. The van der Waals surface area contributed by atoms with E-state index < -0.39 is 30.7 Å². The Bertz CT molecular complexity index is 1540. The zero-order valence-corrected chi connectivity index (χ0v) is 20.5. The average molecular weight is 525 g/mol. The molecule has 1 aliphatic rings. The summed E-state index contributed by atoms with van der Waals surface area (Å²) < 4.78 is 53.5. The zero-order valence-electron chi connectivity index (χ0n) is 20.5. The molecule has 0 saturated heterocycles. The van der Waals surface area contributed by atoms with Crippen molar-refractivity contribution in [2.45, 2.75) is 38.8 Å². The maximum atomic E-state index is 13.8. The second kappa shape index (κ2) is 10.00. The number of carbonyl (C=O) groups excluding carboxylic acids is 2. The van der Waals surface area contributed by atoms with Gasteiger partial charge in [0, 0.05) is 29.7 Å². The number of imidazole rings is 1. The Balaban J connectivity index is 1.55. The van der Waals surface area contributed by atoms with Gasteiger partial charge >= 0.3 is 6.18 Å². The average Bonchev–Trinajstić information content (AvgIpc) is 3.57. The number of fused-ring (bicyclic) bond motifs is 1. The van der Waals surface area contributed by atoms with Crippen LogP contribution in [0.4, 0.5) is 23.2 Å². The van der Waals surface area contributed by atoms with E-state index in [0.717, 1.165) is 24.5 Å². The topological polar surface area (TPSA) is 76.4 Å². The monoisotopic (exact) mass is 524 g/mol. The van der Waals surface area contributed by atoms with Crippen molar-refractivity contribution in [2.24, 2.45) is 5.92 Å². The molecule has 196 valence electrons. The van der Waals surface area contributed by atoms with E-state index in [1.165, 1.54) is 35.0 Å². The predicted octanol–water partition coefficient (Wildman–Crippen LogP) is 6.42. The highest BCUT2D eigenvalue weighted by Gasteiger charge is 2.27. The Morgan fingerprint density at radius 3 is 2.58 bits per heavy atom. The number of carbonyl (C=O) groups is 2. The van der Waals surface area contributed by atoms with Gasteiger partial charge in [0.2, 0.25) is 5.78 Å². The van der Waals surface area contributed by atoms with Crippen molar-refractivity contribution < 1.29 is 27.2 Å². The van der Waals surface area contributed by atoms with E-state index in [0.29, 0.717) is 29.2 Å². The van der Waals surface area contributed by atoms with Crippen LogP contribution in [0.5, 0.6) is 0 Å². The van der Waals surface area contributed by atoms with E-state index in [-0.39, 0.29) is 28.4 Å². The number of rotatable bonds is 9. The van der Waals surface area contributed by atoms with Crippen LogP contribution in [0.1, 0.15) is 57.7 Å². The first kappa shape index (κ1) is 25.6. The van der Waals surface area contributed by atoms with Crippen molar-refractivity contribution in [2.75, 3.05) is 11.9 Å². The molecule has 0 aliphatic heterocycles. The van der Waals surface area contributed by atoms with Gasteiger partial charge in [0.25, 0.3) is 0 Å². The Hall–Kier alpha value is -4.08. The van der Waals surface area contributed by atoms with Crippen LogP contribution in [-0.2, 0) is 0 Å². The van der Waals surface area contributed by atoms with Gasteiger partial charge in [0.1, 0.15) is 11.5 Å². The minimum atomic E-state index is -4.37. The molecule has 1 saturated carbocycles. The highest BCUT2D eigenvalue weighted by molar-refractivity contribution is 6.08. The molecule has 0 bridgehead atoms. The fourth-order valence-electron chi connectivity index (χ4n) is 4.35. The fourth-order valence-corrected chi connectivity index (χ4v) is 4.35. The van der Waals surface area contributed by atoms with Gasteiger partial charge in [-0.25, -0.2) is 13.9 Å². The molecule has 38 heavy (non-hydrogen) atoms. The normalized spacial score (nSPS) is 13.6. The van der Waals surface area contributed by atoms with Gasteiger partial charge in [0.05, 0.1) is 24.0 Å². The number of anilines is 1. The maximum Gasteiger partial charge on any atom is 0.390 e. The number of alkyl halides is 3. The van der Waals surface area contributed by atoms with Crippen molar-refractivity contribution in [1.82, 2.24) is 14.6 Å². The van der Waals surface area contributed by atoms with Gasteiger partial charge in [-0.1, -0.05) is 24.3 Å². The van der Waals surface area contributed by atoms with Gasteiger partial charge in [-0.15, -0.1) is 0 Å². The number of benzene rings is 2. The summed E-state index contributed by atoms with van der Waals surface area (Å²) >= 11 is 0.